The van der Waals surface area contributed by atoms with Gasteiger partial charge in [-0.2, -0.15) is 0 Å². The number of aryl methyl sites for hydroxylation is 6. The summed E-state index contributed by atoms with van der Waals surface area (Å²) in [5.74, 6) is 0.703. The van der Waals surface area contributed by atoms with Gasteiger partial charge in [-0.3, -0.25) is 0 Å². The molecule has 0 atom stereocenters. The molecule has 6 nitrogen and oxygen atoms in total. The second kappa shape index (κ2) is 14.8. The normalized spacial score (nSPS) is 13.3. The molecule has 10 heteroatoms. The summed E-state index contributed by atoms with van der Waals surface area (Å²) in [5, 5.41) is 0. The zero-order chi connectivity index (χ0) is 30.2. The average molecular weight is 736 g/mol. The first-order chi connectivity index (χ1) is 19.2. The van der Waals surface area contributed by atoms with E-state index in [1.54, 1.807) is 32.3 Å². The van der Waals surface area contributed by atoms with Crippen LogP contribution in [0.4, 0.5) is 11.4 Å². The SMILES string of the molecule is Cc1cc(C)c(N2CCN(c3c(C)cc(C)cc3C)[C]2=[Ru]=[CH]c2cc(S(=O)(=O)N(C)C)ccc2OC(C)C)c(C)c1.Cl.Cl. The molecule has 0 aliphatic carbocycles. The predicted octanol–water partition coefficient (Wildman–Crippen LogP) is 6.77. The van der Waals surface area contributed by atoms with Crippen molar-refractivity contribution in [1.82, 2.24) is 4.31 Å². The number of benzene rings is 3. The van der Waals surface area contributed by atoms with Crippen molar-refractivity contribution in [2.45, 2.75) is 66.4 Å². The minimum Gasteiger partial charge on any atom is -0.147 e. The van der Waals surface area contributed by atoms with Crippen LogP contribution in [0.25, 0.3) is 0 Å². The Balaban J connectivity index is 0.00000323. The second-order valence-corrected chi connectivity index (χ2v) is 15.3. The van der Waals surface area contributed by atoms with Crippen molar-refractivity contribution in [3.8, 4) is 5.75 Å². The quantitative estimate of drug-likeness (QED) is 0.251. The standard InChI is InChI=1S/C21H26N2.C12H17NO3S.2ClH.Ru/c1-14-9-16(3)20(17(4)10-14)22-7-8-23(13-22)21-18(5)11-15(2)12-19(21)6;1-9(2)16-12-7-6-11(8-10(12)3)17(14,15)13(4)5;;;/h9-12H,7-8H2,1-6H3;3,6-9H,1-2,4-5H3;2*1H;. The molecule has 1 fully saturated rings. The minimum absolute atomic E-state index is 0. The molecule has 238 valence electrons. The smallest absolute Gasteiger partial charge is 0.147 e. The molecular weight excluding hydrogens is 690 g/mol. The van der Waals surface area contributed by atoms with Crippen LogP contribution in [0.3, 0.4) is 0 Å². The zero-order valence-corrected chi connectivity index (χ0v) is 30.9. The minimum atomic E-state index is -3.58. The van der Waals surface area contributed by atoms with Gasteiger partial charge in [0.15, 0.2) is 0 Å². The van der Waals surface area contributed by atoms with Gasteiger partial charge in [-0.15, -0.1) is 24.8 Å². The Labute approximate surface area is 277 Å². The maximum absolute atomic E-state index is 13.0. The molecule has 0 aromatic heterocycles. The van der Waals surface area contributed by atoms with Crippen LogP contribution in [0, 0.1) is 41.5 Å². The van der Waals surface area contributed by atoms with Crippen LogP contribution in [0.15, 0.2) is 47.4 Å². The van der Waals surface area contributed by atoms with Crippen molar-refractivity contribution in [3.63, 3.8) is 0 Å². The van der Waals surface area contributed by atoms with Crippen LogP contribution in [-0.4, -0.2) is 55.0 Å². The van der Waals surface area contributed by atoms with Crippen molar-refractivity contribution in [3.05, 3.63) is 81.4 Å². The van der Waals surface area contributed by atoms with Crippen molar-refractivity contribution in [1.29, 1.82) is 0 Å². The molecule has 1 aliphatic rings. The molecule has 0 amide bonds. The van der Waals surface area contributed by atoms with Gasteiger partial charge in [0.25, 0.3) is 0 Å². The van der Waals surface area contributed by atoms with Gasteiger partial charge in [0, 0.05) is 0 Å². The van der Waals surface area contributed by atoms with Gasteiger partial charge < -0.3 is 0 Å². The number of anilines is 2. The van der Waals surface area contributed by atoms with Crippen molar-refractivity contribution < 1.29 is 29.4 Å². The molecule has 0 N–H and O–H groups in total. The molecule has 1 heterocycles. The monoisotopic (exact) mass is 735 g/mol. The van der Waals surface area contributed by atoms with E-state index in [-0.39, 0.29) is 35.8 Å². The van der Waals surface area contributed by atoms with Gasteiger partial charge in [-0.05, 0) is 0 Å². The second-order valence-electron chi connectivity index (χ2n) is 11.4. The van der Waals surface area contributed by atoms with Crippen molar-refractivity contribution in [2.75, 3.05) is 37.0 Å². The van der Waals surface area contributed by atoms with Gasteiger partial charge in [-0.1, -0.05) is 0 Å². The first-order valence-electron chi connectivity index (χ1n) is 14.0. The van der Waals surface area contributed by atoms with Crippen molar-refractivity contribution >= 4 is 55.2 Å². The molecule has 4 rings (SSSR count). The molecule has 43 heavy (non-hydrogen) atoms. The van der Waals surface area contributed by atoms with Crippen LogP contribution in [0.2, 0.25) is 0 Å². The Morgan fingerprint density at radius 1 is 0.791 bits per heavy atom. The summed E-state index contributed by atoms with van der Waals surface area (Å²) in [7, 11) is -0.458. The summed E-state index contributed by atoms with van der Waals surface area (Å²) < 4.78 is 36.9. The molecule has 0 radical (unpaired) electrons. The predicted molar refractivity (Wildman–Crippen MR) is 184 cm³/mol. The van der Waals surface area contributed by atoms with E-state index in [1.165, 1.54) is 53.4 Å². The molecule has 1 saturated heterocycles. The number of halogens is 2. The molecule has 0 saturated carbocycles. The molecule has 0 spiro atoms. The van der Waals surface area contributed by atoms with E-state index in [0.717, 1.165) is 18.7 Å². The number of ether oxygens (including phenoxy) is 1. The molecule has 1 aliphatic heterocycles. The maximum Gasteiger partial charge on any atom is -0.147 e. The first-order valence-corrected chi connectivity index (χ1v) is 17.3. The van der Waals surface area contributed by atoms with E-state index in [9.17, 15) is 8.42 Å². The van der Waals surface area contributed by atoms with Gasteiger partial charge in [-0.25, -0.2) is 0 Å². The molecule has 0 bridgehead atoms. The van der Waals surface area contributed by atoms with Crippen LogP contribution in [0.5, 0.6) is 5.75 Å². The number of rotatable bonds is 7. The van der Waals surface area contributed by atoms with Gasteiger partial charge in [0.1, 0.15) is 0 Å². The van der Waals surface area contributed by atoms with E-state index >= 15 is 0 Å². The fourth-order valence-electron chi connectivity index (χ4n) is 5.67. The average Bonchev–Trinajstić information content (AvgIpc) is 3.24. The summed E-state index contributed by atoms with van der Waals surface area (Å²) in [6, 6.07) is 14.2. The Kier molecular flexibility index (Phi) is 12.8. The third kappa shape index (κ3) is 7.96. The van der Waals surface area contributed by atoms with Gasteiger partial charge in [0.2, 0.25) is 0 Å². The molecule has 3 aromatic carbocycles. The van der Waals surface area contributed by atoms with Gasteiger partial charge >= 0.3 is 255 Å². The number of nitrogens with zero attached hydrogens (tertiary/aromatic N) is 3. The summed E-state index contributed by atoms with van der Waals surface area (Å²) in [6.45, 7) is 18.8. The fourth-order valence-corrected chi connectivity index (χ4v) is 8.82. The largest absolute Gasteiger partial charge is 0.147 e. The van der Waals surface area contributed by atoms with Crippen molar-refractivity contribution in [2.24, 2.45) is 0 Å². The number of hydrogen-bond donors (Lipinski definition) is 0. The fraction of sp³-hybridized carbons (Fsp3) is 0.394. The van der Waals surface area contributed by atoms with E-state index < -0.39 is 26.2 Å². The number of hydrogen-bond acceptors (Lipinski definition) is 5. The first kappa shape index (κ1) is 37.1. The Hall–Kier alpha value is -2.09. The summed E-state index contributed by atoms with van der Waals surface area (Å²) in [6.07, 6.45) is -0.0305. The molecular formula is C33H45Cl2N3O3RuS. The Bertz CT molecular complexity index is 1550. The Morgan fingerprint density at radius 3 is 1.63 bits per heavy atom. The van der Waals surface area contributed by atoms with E-state index in [2.05, 4.69) is 80.2 Å². The van der Waals surface area contributed by atoms with Crippen LogP contribution in [0.1, 0.15) is 52.8 Å². The zero-order valence-electron chi connectivity index (χ0n) is 26.8. The maximum atomic E-state index is 13.0. The summed E-state index contributed by atoms with van der Waals surface area (Å²) in [4.78, 5) is 5.24. The van der Waals surface area contributed by atoms with E-state index in [0.29, 0.717) is 5.75 Å². The summed E-state index contributed by atoms with van der Waals surface area (Å²) in [5.41, 5.74) is 10.9. The van der Waals surface area contributed by atoms with Crippen LogP contribution >= 0.6 is 24.8 Å². The van der Waals surface area contributed by atoms with Crippen LogP contribution < -0.4 is 14.5 Å². The number of sulfonamides is 1. The molecule has 3 aromatic rings. The van der Waals surface area contributed by atoms with Gasteiger partial charge in [0.05, 0.1) is 0 Å². The van der Waals surface area contributed by atoms with Crippen LogP contribution in [-0.2, 0) is 26.2 Å². The topological polar surface area (TPSA) is 53.1 Å². The Morgan fingerprint density at radius 2 is 1.23 bits per heavy atom. The van der Waals surface area contributed by atoms with E-state index in [4.69, 9.17) is 4.74 Å². The van der Waals surface area contributed by atoms with E-state index in [1.807, 2.05) is 13.8 Å². The summed E-state index contributed by atoms with van der Waals surface area (Å²) >= 11 is -0.469. The third-order valence-corrected chi connectivity index (χ3v) is 11.2. The third-order valence-electron chi connectivity index (χ3n) is 7.16. The molecule has 0 unspecified atom stereocenters.